The van der Waals surface area contributed by atoms with Gasteiger partial charge in [-0.2, -0.15) is 0 Å². The van der Waals surface area contributed by atoms with Crippen molar-refractivity contribution >= 4 is 0 Å². The monoisotopic (exact) mass is 152 g/mol. The zero-order valence-corrected chi connectivity index (χ0v) is 6.21. The van der Waals surface area contributed by atoms with Crippen molar-refractivity contribution in [3.05, 3.63) is 30.3 Å². The van der Waals surface area contributed by atoms with Crippen LogP contribution in [0.1, 0.15) is 20.8 Å². The lowest BCUT2D eigenvalue weighted by molar-refractivity contribution is 0.317. The summed E-state index contributed by atoms with van der Waals surface area (Å²) in [5.74, 6) is 0.962. The first-order chi connectivity index (χ1) is 4.93. The molecule has 0 aliphatic rings. The van der Waals surface area contributed by atoms with Crippen LogP contribution in [0.2, 0.25) is 0 Å². The van der Waals surface area contributed by atoms with E-state index < -0.39 is 0 Å². The van der Waals surface area contributed by atoms with Crippen LogP contribution in [-0.2, 0) is 0 Å². The summed E-state index contributed by atoms with van der Waals surface area (Å²) in [5, 5.41) is 0. The molecule has 0 radical (unpaired) electrons. The molecule has 0 spiro atoms. The Kier molecular flexibility index (Phi) is 5.26. The highest BCUT2D eigenvalue weighted by Gasteiger charge is 1.86. The molecule has 62 valence electrons. The van der Waals surface area contributed by atoms with E-state index in [1.165, 1.54) is 0 Å². The molecule has 1 rings (SSSR count). The zero-order chi connectivity index (χ0) is 7.23. The van der Waals surface area contributed by atoms with Gasteiger partial charge in [0.15, 0.2) is 0 Å². The van der Waals surface area contributed by atoms with Crippen molar-refractivity contribution in [1.29, 1.82) is 0 Å². The van der Waals surface area contributed by atoms with E-state index in [0.29, 0.717) is 0 Å². The molecule has 0 unspecified atom stereocenters. The van der Waals surface area contributed by atoms with Gasteiger partial charge in [-0.1, -0.05) is 32.5 Å². The molecular formula is C10H16O. The Morgan fingerprint density at radius 3 is 2.36 bits per heavy atom. The van der Waals surface area contributed by atoms with E-state index in [-0.39, 0.29) is 7.43 Å². The second kappa shape index (κ2) is 5.78. The predicted molar refractivity (Wildman–Crippen MR) is 49.0 cm³/mol. The third-order valence-electron chi connectivity index (χ3n) is 1.22. The molecule has 0 N–H and O–H groups in total. The quantitative estimate of drug-likeness (QED) is 0.646. The fraction of sp³-hybridized carbons (Fsp3) is 0.400. The lowest BCUT2D eigenvalue weighted by Gasteiger charge is -2.01. The van der Waals surface area contributed by atoms with E-state index in [1.54, 1.807) is 0 Å². The Morgan fingerprint density at radius 2 is 1.82 bits per heavy atom. The highest BCUT2D eigenvalue weighted by Crippen LogP contribution is 2.07. The first kappa shape index (κ1) is 10.0. The number of hydrogen-bond acceptors (Lipinski definition) is 1. The number of para-hydroxylation sites is 1. The predicted octanol–water partition coefficient (Wildman–Crippen LogP) is 3.11. The van der Waals surface area contributed by atoms with Crippen molar-refractivity contribution in [3.8, 4) is 5.75 Å². The summed E-state index contributed by atoms with van der Waals surface area (Å²) in [7, 11) is 0. The standard InChI is InChI=1S/C9H12O.CH4/c1-2-8-10-9-6-4-3-5-7-9;/h3-7H,2,8H2,1H3;1H4. The van der Waals surface area contributed by atoms with Crippen LogP contribution in [0, 0.1) is 0 Å². The molecule has 0 fully saturated rings. The molecule has 1 aromatic carbocycles. The number of ether oxygens (including phenoxy) is 1. The van der Waals surface area contributed by atoms with Crippen LogP contribution in [0.4, 0.5) is 0 Å². The maximum Gasteiger partial charge on any atom is 0.119 e. The third-order valence-corrected chi connectivity index (χ3v) is 1.22. The Hall–Kier alpha value is -0.980. The molecule has 1 heteroatoms. The second-order valence-electron chi connectivity index (χ2n) is 2.16. The average Bonchev–Trinajstić information content (AvgIpc) is 2.03. The van der Waals surface area contributed by atoms with Crippen LogP contribution in [0.15, 0.2) is 30.3 Å². The molecule has 0 saturated heterocycles. The summed E-state index contributed by atoms with van der Waals surface area (Å²) in [5.41, 5.74) is 0. The Morgan fingerprint density at radius 1 is 1.18 bits per heavy atom. The van der Waals surface area contributed by atoms with E-state index in [0.717, 1.165) is 18.8 Å². The van der Waals surface area contributed by atoms with E-state index in [9.17, 15) is 0 Å². The first-order valence-electron chi connectivity index (χ1n) is 3.61. The summed E-state index contributed by atoms with van der Waals surface area (Å²) >= 11 is 0. The number of benzene rings is 1. The largest absolute Gasteiger partial charge is 0.494 e. The SMILES string of the molecule is C.CCCOc1ccccc1. The van der Waals surface area contributed by atoms with Crippen molar-refractivity contribution in [2.24, 2.45) is 0 Å². The summed E-state index contributed by atoms with van der Waals surface area (Å²) in [6.45, 7) is 2.91. The lowest BCUT2D eigenvalue weighted by atomic mass is 10.3. The van der Waals surface area contributed by atoms with Gasteiger partial charge in [-0.25, -0.2) is 0 Å². The summed E-state index contributed by atoms with van der Waals surface area (Å²) < 4.78 is 5.36. The smallest absolute Gasteiger partial charge is 0.119 e. The van der Waals surface area contributed by atoms with Crippen LogP contribution in [0.25, 0.3) is 0 Å². The third kappa shape index (κ3) is 3.66. The Balaban J connectivity index is 0.000001000. The van der Waals surface area contributed by atoms with Gasteiger partial charge in [0.2, 0.25) is 0 Å². The van der Waals surface area contributed by atoms with Crippen LogP contribution in [0.5, 0.6) is 5.75 Å². The molecule has 0 bridgehead atoms. The molecular weight excluding hydrogens is 136 g/mol. The fourth-order valence-corrected chi connectivity index (χ4v) is 0.737. The van der Waals surface area contributed by atoms with Gasteiger partial charge in [0.25, 0.3) is 0 Å². The minimum atomic E-state index is 0. The molecule has 0 aliphatic heterocycles. The molecule has 0 saturated carbocycles. The first-order valence-corrected chi connectivity index (χ1v) is 3.61. The van der Waals surface area contributed by atoms with Gasteiger partial charge in [-0.05, 0) is 18.6 Å². The molecule has 1 aromatic rings. The van der Waals surface area contributed by atoms with Crippen molar-refractivity contribution in [3.63, 3.8) is 0 Å². The maximum atomic E-state index is 5.36. The Labute approximate surface area is 69.0 Å². The van der Waals surface area contributed by atoms with Crippen LogP contribution >= 0.6 is 0 Å². The average molecular weight is 152 g/mol. The summed E-state index contributed by atoms with van der Waals surface area (Å²) in [6, 6.07) is 9.88. The van der Waals surface area contributed by atoms with Crippen molar-refractivity contribution in [2.75, 3.05) is 6.61 Å². The zero-order valence-electron chi connectivity index (χ0n) is 6.21. The molecule has 11 heavy (non-hydrogen) atoms. The number of hydrogen-bond donors (Lipinski definition) is 0. The summed E-state index contributed by atoms with van der Waals surface area (Å²) in [6.07, 6.45) is 1.06. The van der Waals surface area contributed by atoms with Gasteiger partial charge in [-0.15, -0.1) is 0 Å². The maximum absolute atomic E-state index is 5.36. The second-order valence-corrected chi connectivity index (χ2v) is 2.16. The van der Waals surface area contributed by atoms with Gasteiger partial charge in [-0.3, -0.25) is 0 Å². The van der Waals surface area contributed by atoms with Crippen molar-refractivity contribution in [2.45, 2.75) is 20.8 Å². The van der Waals surface area contributed by atoms with E-state index in [2.05, 4.69) is 6.92 Å². The van der Waals surface area contributed by atoms with Crippen molar-refractivity contribution < 1.29 is 4.74 Å². The summed E-state index contributed by atoms with van der Waals surface area (Å²) in [4.78, 5) is 0. The Bertz CT molecular complexity index is 169. The van der Waals surface area contributed by atoms with Gasteiger partial charge in [0.1, 0.15) is 5.75 Å². The number of rotatable bonds is 3. The van der Waals surface area contributed by atoms with E-state index >= 15 is 0 Å². The van der Waals surface area contributed by atoms with E-state index in [4.69, 9.17) is 4.74 Å². The molecule has 1 nitrogen and oxygen atoms in total. The van der Waals surface area contributed by atoms with Gasteiger partial charge in [0.05, 0.1) is 6.61 Å². The van der Waals surface area contributed by atoms with Crippen LogP contribution in [0.3, 0.4) is 0 Å². The minimum Gasteiger partial charge on any atom is -0.494 e. The fourth-order valence-electron chi connectivity index (χ4n) is 0.737. The van der Waals surface area contributed by atoms with Crippen molar-refractivity contribution in [1.82, 2.24) is 0 Å². The van der Waals surface area contributed by atoms with E-state index in [1.807, 2.05) is 30.3 Å². The highest BCUT2D eigenvalue weighted by molar-refractivity contribution is 5.20. The van der Waals surface area contributed by atoms with Crippen LogP contribution < -0.4 is 4.74 Å². The van der Waals surface area contributed by atoms with Crippen LogP contribution in [-0.4, -0.2) is 6.61 Å². The molecule has 0 aliphatic carbocycles. The van der Waals surface area contributed by atoms with Gasteiger partial charge >= 0.3 is 0 Å². The highest BCUT2D eigenvalue weighted by atomic mass is 16.5. The van der Waals surface area contributed by atoms with Gasteiger partial charge in [0, 0.05) is 0 Å². The molecule has 0 atom stereocenters. The molecule has 0 heterocycles. The van der Waals surface area contributed by atoms with Gasteiger partial charge < -0.3 is 4.74 Å². The molecule has 0 aromatic heterocycles. The molecule has 0 amide bonds. The lowest BCUT2D eigenvalue weighted by Crippen LogP contribution is -1.93. The topological polar surface area (TPSA) is 9.23 Å². The minimum absolute atomic E-state index is 0. The normalized spacial score (nSPS) is 8.45.